The fourth-order valence-corrected chi connectivity index (χ4v) is 1.88. The highest BCUT2D eigenvalue weighted by Gasteiger charge is 2.11. The Bertz CT molecular complexity index is 670. The van der Waals surface area contributed by atoms with Crippen molar-refractivity contribution in [1.82, 2.24) is 9.55 Å². The van der Waals surface area contributed by atoms with Crippen LogP contribution in [0.4, 0.5) is 4.39 Å². The average molecular weight is 277 g/mol. The lowest BCUT2D eigenvalue weighted by molar-refractivity contribution is 0.385. The Balaban J connectivity index is 2.21. The summed E-state index contributed by atoms with van der Waals surface area (Å²) in [5.74, 6) is -0.315. The zero-order valence-corrected chi connectivity index (χ0v) is 11.3. The summed E-state index contributed by atoms with van der Waals surface area (Å²) in [5, 5.41) is 0. The third kappa shape index (κ3) is 3.03. The van der Waals surface area contributed by atoms with Crippen LogP contribution in [-0.4, -0.2) is 16.7 Å². The summed E-state index contributed by atoms with van der Waals surface area (Å²) in [6.45, 7) is 1.97. The van der Waals surface area contributed by atoms with Crippen LogP contribution in [0, 0.1) is 12.7 Å². The molecular weight excluding hydrogens is 261 g/mol. The molecule has 2 aromatic rings. The SMILES string of the molecule is COc1ccc(C(N)Cn2cnc(C)cc2=O)cc1F. The number of halogens is 1. The van der Waals surface area contributed by atoms with E-state index in [9.17, 15) is 9.18 Å². The van der Waals surface area contributed by atoms with Crippen molar-refractivity contribution in [2.24, 2.45) is 5.73 Å². The Morgan fingerprint density at radius 3 is 2.80 bits per heavy atom. The Morgan fingerprint density at radius 2 is 2.20 bits per heavy atom. The number of benzene rings is 1. The van der Waals surface area contributed by atoms with Crippen LogP contribution in [0.15, 0.2) is 35.4 Å². The minimum absolute atomic E-state index is 0.162. The van der Waals surface area contributed by atoms with Crippen LogP contribution in [0.5, 0.6) is 5.75 Å². The molecule has 2 N–H and O–H groups in total. The van der Waals surface area contributed by atoms with Gasteiger partial charge in [-0.25, -0.2) is 9.37 Å². The van der Waals surface area contributed by atoms with Gasteiger partial charge in [-0.05, 0) is 24.6 Å². The van der Waals surface area contributed by atoms with Gasteiger partial charge < -0.3 is 10.5 Å². The molecular formula is C14H16FN3O2. The first-order valence-corrected chi connectivity index (χ1v) is 6.13. The van der Waals surface area contributed by atoms with E-state index in [1.54, 1.807) is 13.0 Å². The standard InChI is InChI=1S/C14H16FN3O2/c1-9-5-14(19)18(8-17-9)7-12(16)10-3-4-13(20-2)11(15)6-10/h3-6,8,12H,7,16H2,1-2H3. The first kappa shape index (κ1) is 14.2. The quantitative estimate of drug-likeness (QED) is 0.917. The summed E-state index contributed by atoms with van der Waals surface area (Å²) >= 11 is 0. The highest BCUT2D eigenvalue weighted by molar-refractivity contribution is 5.30. The molecule has 1 aromatic heterocycles. The van der Waals surface area contributed by atoms with E-state index in [1.807, 2.05) is 0 Å². The third-order valence-electron chi connectivity index (χ3n) is 3.01. The van der Waals surface area contributed by atoms with E-state index in [1.165, 1.54) is 36.2 Å². The van der Waals surface area contributed by atoms with Crippen LogP contribution >= 0.6 is 0 Å². The first-order valence-electron chi connectivity index (χ1n) is 6.13. The number of methoxy groups -OCH3 is 1. The molecule has 1 heterocycles. The summed E-state index contributed by atoms with van der Waals surface area (Å²) in [6.07, 6.45) is 1.44. The Labute approximate surface area is 115 Å². The van der Waals surface area contributed by atoms with Gasteiger partial charge in [-0.3, -0.25) is 9.36 Å². The van der Waals surface area contributed by atoms with Crippen LogP contribution in [0.3, 0.4) is 0 Å². The number of rotatable bonds is 4. The molecule has 5 nitrogen and oxygen atoms in total. The lowest BCUT2D eigenvalue weighted by Gasteiger charge is -2.14. The molecule has 0 aliphatic carbocycles. The maximum absolute atomic E-state index is 13.6. The summed E-state index contributed by atoms with van der Waals surface area (Å²) in [5.41, 5.74) is 7.06. The molecule has 0 radical (unpaired) electrons. The molecule has 0 saturated heterocycles. The minimum Gasteiger partial charge on any atom is -0.494 e. The molecule has 0 amide bonds. The molecule has 0 bridgehead atoms. The van der Waals surface area contributed by atoms with Crippen molar-refractivity contribution in [2.75, 3.05) is 7.11 Å². The van der Waals surface area contributed by atoms with E-state index in [0.29, 0.717) is 11.3 Å². The lowest BCUT2D eigenvalue weighted by atomic mass is 10.1. The predicted octanol–water partition coefficient (Wildman–Crippen LogP) is 1.40. The van der Waals surface area contributed by atoms with Gasteiger partial charge in [-0.1, -0.05) is 6.07 Å². The Hall–Kier alpha value is -2.21. The maximum atomic E-state index is 13.6. The van der Waals surface area contributed by atoms with E-state index in [2.05, 4.69) is 4.98 Å². The predicted molar refractivity (Wildman–Crippen MR) is 73.1 cm³/mol. The van der Waals surface area contributed by atoms with Gasteiger partial charge >= 0.3 is 0 Å². The van der Waals surface area contributed by atoms with Crippen molar-refractivity contribution in [3.8, 4) is 5.75 Å². The monoisotopic (exact) mass is 277 g/mol. The van der Waals surface area contributed by atoms with Gasteiger partial charge in [0.05, 0.1) is 13.4 Å². The molecule has 2 rings (SSSR count). The van der Waals surface area contributed by atoms with E-state index in [-0.39, 0.29) is 17.9 Å². The van der Waals surface area contributed by atoms with E-state index >= 15 is 0 Å². The smallest absolute Gasteiger partial charge is 0.253 e. The zero-order chi connectivity index (χ0) is 14.7. The van der Waals surface area contributed by atoms with E-state index in [4.69, 9.17) is 10.5 Å². The summed E-state index contributed by atoms with van der Waals surface area (Å²) in [4.78, 5) is 15.8. The molecule has 0 aliphatic rings. The molecule has 6 heteroatoms. The van der Waals surface area contributed by atoms with Crippen LogP contribution in [-0.2, 0) is 6.54 Å². The van der Waals surface area contributed by atoms with Gasteiger partial charge in [-0.15, -0.1) is 0 Å². The average Bonchev–Trinajstić information content (AvgIpc) is 2.41. The van der Waals surface area contributed by atoms with Crippen molar-refractivity contribution in [1.29, 1.82) is 0 Å². The molecule has 0 spiro atoms. The van der Waals surface area contributed by atoms with Crippen LogP contribution in [0.2, 0.25) is 0 Å². The minimum atomic E-state index is -0.502. The van der Waals surface area contributed by atoms with Gasteiger partial charge in [0.15, 0.2) is 11.6 Å². The number of hydrogen-bond donors (Lipinski definition) is 1. The Morgan fingerprint density at radius 1 is 1.45 bits per heavy atom. The van der Waals surface area contributed by atoms with E-state index in [0.717, 1.165) is 0 Å². The molecule has 1 aromatic carbocycles. The van der Waals surface area contributed by atoms with Gasteiger partial charge in [0, 0.05) is 24.3 Å². The number of aromatic nitrogens is 2. The van der Waals surface area contributed by atoms with Gasteiger partial charge in [0.2, 0.25) is 0 Å². The number of aryl methyl sites for hydroxylation is 1. The number of nitrogens with zero attached hydrogens (tertiary/aromatic N) is 2. The maximum Gasteiger partial charge on any atom is 0.253 e. The second kappa shape index (κ2) is 5.83. The number of ether oxygens (including phenoxy) is 1. The summed E-state index contributed by atoms with van der Waals surface area (Å²) < 4.78 is 19.9. The second-order valence-corrected chi connectivity index (χ2v) is 4.52. The molecule has 106 valence electrons. The molecule has 0 fully saturated rings. The van der Waals surface area contributed by atoms with Crippen molar-refractivity contribution >= 4 is 0 Å². The highest BCUT2D eigenvalue weighted by atomic mass is 19.1. The van der Waals surface area contributed by atoms with Crippen molar-refractivity contribution in [2.45, 2.75) is 19.5 Å². The molecule has 20 heavy (non-hydrogen) atoms. The highest BCUT2D eigenvalue weighted by Crippen LogP contribution is 2.21. The van der Waals surface area contributed by atoms with Crippen LogP contribution < -0.4 is 16.0 Å². The van der Waals surface area contributed by atoms with Gasteiger partial charge in [0.25, 0.3) is 5.56 Å². The molecule has 1 atom stereocenters. The number of nitrogens with two attached hydrogens (primary N) is 1. The number of hydrogen-bond acceptors (Lipinski definition) is 4. The lowest BCUT2D eigenvalue weighted by Crippen LogP contribution is -2.26. The van der Waals surface area contributed by atoms with Crippen LogP contribution in [0.1, 0.15) is 17.3 Å². The van der Waals surface area contributed by atoms with Crippen molar-refractivity contribution < 1.29 is 9.13 Å². The first-order chi connectivity index (χ1) is 9.51. The van der Waals surface area contributed by atoms with E-state index < -0.39 is 11.9 Å². The molecule has 0 aliphatic heterocycles. The summed E-state index contributed by atoms with van der Waals surface area (Å²) in [7, 11) is 1.40. The fourth-order valence-electron chi connectivity index (χ4n) is 1.88. The zero-order valence-electron chi connectivity index (χ0n) is 11.3. The largest absolute Gasteiger partial charge is 0.494 e. The third-order valence-corrected chi connectivity index (χ3v) is 3.01. The molecule has 0 saturated carbocycles. The van der Waals surface area contributed by atoms with Crippen molar-refractivity contribution in [3.05, 3.63) is 58.0 Å². The van der Waals surface area contributed by atoms with Crippen LogP contribution in [0.25, 0.3) is 0 Å². The normalized spacial score (nSPS) is 12.2. The summed E-state index contributed by atoms with van der Waals surface area (Å²) in [6, 6.07) is 5.44. The topological polar surface area (TPSA) is 70.1 Å². The van der Waals surface area contributed by atoms with Gasteiger partial charge in [0.1, 0.15) is 0 Å². The van der Waals surface area contributed by atoms with Crippen molar-refractivity contribution in [3.63, 3.8) is 0 Å². The fraction of sp³-hybridized carbons (Fsp3) is 0.286. The Kier molecular flexibility index (Phi) is 4.14. The second-order valence-electron chi connectivity index (χ2n) is 4.52. The van der Waals surface area contributed by atoms with Gasteiger partial charge in [-0.2, -0.15) is 0 Å². The molecule has 1 unspecified atom stereocenters.